The van der Waals surface area contributed by atoms with Gasteiger partial charge in [-0.25, -0.2) is 0 Å². The standard InChI is InChI=1S/C16H17BrO/c1-18-15-10-7-13(8-11-15)9-12-16(17)14-5-3-2-4-6-14/h2-8,10-11,16H,9,12H2,1H3. The highest BCUT2D eigenvalue weighted by atomic mass is 79.9. The Labute approximate surface area is 117 Å². The SMILES string of the molecule is COc1ccc(CCC(Br)c2ccccc2)cc1. The van der Waals surface area contributed by atoms with Gasteiger partial charge in [0, 0.05) is 4.83 Å². The van der Waals surface area contributed by atoms with E-state index in [9.17, 15) is 0 Å². The number of hydrogen-bond donors (Lipinski definition) is 0. The first kappa shape index (κ1) is 13.2. The van der Waals surface area contributed by atoms with Gasteiger partial charge >= 0.3 is 0 Å². The summed E-state index contributed by atoms with van der Waals surface area (Å²) in [6, 6.07) is 18.8. The van der Waals surface area contributed by atoms with E-state index in [2.05, 4.69) is 52.3 Å². The van der Waals surface area contributed by atoms with Crippen LogP contribution in [0.25, 0.3) is 0 Å². The number of alkyl halides is 1. The summed E-state index contributed by atoms with van der Waals surface area (Å²) in [5.74, 6) is 0.914. The maximum absolute atomic E-state index is 5.15. The monoisotopic (exact) mass is 304 g/mol. The minimum absolute atomic E-state index is 0.417. The van der Waals surface area contributed by atoms with Gasteiger partial charge in [-0.15, -0.1) is 0 Å². The zero-order chi connectivity index (χ0) is 12.8. The smallest absolute Gasteiger partial charge is 0.118 e. The largest absolute Gasteiger partial charge is 0.497 e. The predicted octanol–water partition coefficient (Wildman–Crippen LogP) is 4.76. The van der Waals surface area contributed by atoms with Crippen LogP contribution >= 0.6 is 15.9 Å². The average Bonchev–Trinajstić information content (AvgIpc) is 2.46. The van der Waals surface area contributed by atoms with Crippen LogP contribution in [0.5, 0.6) is 5.75 Å². The van der Waals surface area contributed by atoms with Crippen LogP contribution < -0.4 is 4.74 Å². The van der Waals surface area contributed by atoms with E-state index in [1.807, 2.05) is 18.2 Å². The second-order valence-electron chi connectivity index (χ2n) is 4.26. The zero-order valence-corrected chi connectivity index (χ0v) is 12.1. The molecule has 0 aliphatic rings. The van der Waals surface area contributed by atoms with E-state index in [1.54, 1.807) is 7.11 Å². The summed E-state index contributed by atoms with van der Waals surface area (Å²) in [7, 11) is 1.69. The Morgan fingerprint density at radius 3 is 2.28 bits per heavy atom. The van der Waals surface area contributed by atoms with E-state index in [1.165, 1.54) is 11.1 Å². The van der Waals surface area contributed by atoms with Gasteiger partial charge in [-0.05, 0) is 36.1 Å². The zero-order valence-electron chi connectivity index (χ0n) is 10.5. The molecule has 2 rings (SSSR count). The number of halogens is 1. The van der Waals surface area contributed by atoms with Crippen molar-refractivity contribution in [2.45, 2.75) is 17.7 Å². The lowest BCUT2D eigenvalue weighted by Crippen LogP contribution is -1.93. The Hall–Kier alpha value is -1.28. The number of rotatable bonds is 5. The Kier molecular flexibility index (Phi) is 4.82. The minimum Gasteiger partial charge on any atom is -0.497 e. The van der Waals surface area contributed by atoms with Crippen molar-refractivity contribution in [1.82, 2.24) is 0 Å². The Bertz CT molecular complexity index is 464. The third-order valence-corrected chi connectivity index (χ3v) is 3.99. The quantitative estimate of drug-likeness (QED) is 0.723. The molecule has 0 aliphatic carbocycles. The molecule has 2 aromatic carbocycles. The van der Waals surface area contributed by atoms with E-state index in [0.29, 0.717) is 4.83 Å². The average molecular weight is 305 g/mol. The van der Waals surface area contributed by atoms with Crippen molar-refractivity contribution in [1.29, 1.82) is 0 Å². The van der Waals surface area contributed by atoms with Crippen LogP contribution in [0.1, 0.15) is 22.4 Å². The van der Waals surface area contributed by atoms with Crippen LogP contribution in [0.15, 0.2) is 54.6 Å². The van der Waals surface area contributed by atoms with Gasteiger partial charge < -0.3 is 4.74 Å². The van der Waals surface area contributed by atoms with Crippen molar-refractivity contribution in [2.75, 3.05) is 7.11 Å². The lowest BCUT2D eigenvalue weighted by atomic mass is 10.0. The highest BCUT2D eigenvalue weighted by Gasteiger charge is 2.06. The topological polar surface area (TPSA) is 9.23 Å². The van der Waals surface area contributed by atoms with Crippen molar-refractivity contribution in [3.05, 3.63) is 65.7 Å². The van der Waals surface area contributed by atoms with Crippen molar-refractivity contribution < 1.29 is 4.74 Å². The molecule has 0 bridgehead atoms. The molecule has 0 spiro atoms. The number of methoxy groups -OCH3 is 1. The molecule has 0 saturated carbocycles. The van der Waals surface area contributed by atoms with Crippen LogP contribution in [0, 0.1) is 0 Å². The van der Waals surface area contributed by atoms with Gasteiger partial charge in [0.15, 0.2) is 0 Å². The molecule has 0 aromatic heterocycles. The van der Waals surface area contributed by atoms with E-state index < -0.39 is 0 Å². The van der Waals surface area contributed by atoms with Crippen molar-refractivity contribution in [3.8, 4) is 5.75 Å². The number of hydrogen-bond acceptors (Lipinski definition) is 1. The van der Waals surface area contributed by atoms with Crippen LogP contribution in [0.3, 0.4) is 0 Å². The Balaban J connectivity index is 1.91. The Morgan fingerprint density at radius 1 is 1.00 bits per heavy atom. The molecule has 0 N–H and O–H groups in total. The van der Waals surface area contributed by atoms with Crippen LogP contribution in [-0.2, 0) is 6.42 Å². The molecular weight excluding hydrogens is 288 g/mol. The highest BCUT2D eigenvalue weighted by molar-refractivity contribution is 9.09. The lowest BCUT2D eigenvalue weighted by Gasteiger charge is -2.10. The first-order valence-electron chi connectivity index (χ1n) is 6.11. The molecule has 94 valence electrons. The number of aryl methyl sites for hydroxylation is 1. The summed E-state index contributed by atoms with van der Waals surface area (Å²) in [5, 5.41) is 0. The second kappa shape index (κ2) is 6.60. The van der Waals surface area contributed by atoms with E-state index >= 15 is 0 Å². The van der Waals surface area contributed by atoms with Crippen LogP contribution in [0.2, 0.25) is 0 Å². The molecular formula is C16H17BrO. The fourth-order valence-electron chi connectivity index (χ4n) is 1.91. The first-order chi connectivity index (χ1) is 8.79. The van der Waals surface area contributed by atoms with Crippen molar-refractivity contribution >= 4 is 15.9 Å². The van der Waals surface area contributed by atoms with Gasteiger partial charge in [-0.2, -0.15) is 0 Å². The molecule has 0 fully saturated rings. The highest BCUT2D eigenvalue weighted by Crippen LogP contribution is 2.27. The molecule has 0 amide bonds. The Morgan fingerprint density at radius 2 is 1.67 bits per heavy atom. The minimum atomic E-state index is 0.417. The molecule has 0 radical (unpaired) electrons. The van der Waals surface area contributed by atoms with Gasteiger partial charge in [0.2, 0.25) is 0 Å². The lowest BCUT2D eigenvalue weighted by molar-refractivity contribution is 0.414. The molecule has 1 nitrogen and oxygen atoms in total. The second-order valence-corrected chi connectivity index (χ2v) is 5.37. The molecule has 2 aromatic rings. The summed E-state index contributed by atoms with van der Waals surface area (Å²) in [5.41, 5.74) is 2.68. The predicted molar refractivity (Wildman–Crippen MR) is 79.4 cm³/mol. The summed E-state index contributed by atoms with van der Waals surface area (Å²) >= 11 is 3.75. The molecule has 1 atom stereocenters. The van der Waals surface area contributed by atoms with Crippen LogP contribution in [0.4, 0.5) is 0 Å². The van der Waals surface area contributed by atoms with Crippen LogP contribution in [-0.4, -0.2) is 7.11 Å². The molecule has 0 heterocycles. The van der Waals surface area contributed by atoms with Gasteiger partial charge in [-0.1, -0.05) is 58.4 Å². The number of benzene rings is 2. The summed E-state index contributed by atoms with van der Waals surface area (Å²) < 4.78 is 5.15. The number of ether oxygens (including phenoxy) is 1. The molecule has 18 heavy (non-hydrogen) atoms. The maximum atomic E-state index is 5.15. The molecule has 1 unspecified atom stereocenters. The first-order valence-corrected chi connectivity index (χ1v) is 7.03. The summed E-state index contributed by atoms with van der Waals surface area (Å²) in [6.45, 7) is 0. The summed E-state index contributed by atoms with van der Waals surface area (Å²) in [6.07, 6.45) is 2.16. The molecule has 0 aliphatic heterocycles. The maximum Gasteiger partial charge on any atom is 0.118 e. The van der Waals surface area contributed by atoms with Gasteiger partial charge in [-0.3, -0.25) is 0 Å². The normalized spacial score (nSPS) is 12.1. The van der Waals surface area contributed by atoms with E-state index in [4.69, 9.17) is 4.74 Å². The summed E-state index contributed by atoms with van der Waals surface area (Å²) in [4.78, 5) is 0.417. The fourth-order valence-corrected chi connectivity index (χ4v) is 2.45. The molecule has 2 heteroatoms. The molecule has 0 saturated heterocycles. The van der Waals surface area contributed by atoms with Crippen molar-refractivity contribution in [3.63, 3.8) is 0 Å². The van der Waals surface area contributed by atoms with Crippen molar-refractivity contribution in [2.24, 2.45) is 0 Å². The van der Waals surface area contributed by atoms with Gasteiger partial charge in [0.05, 0.1) is 7.11 Å². The van der Waals surface area contributed by atoms with E-state index in [0.717, 1.165) is 18.6 Å². The van der Waals surface area contributed by atoms with E-state index in [-0.39, 0.29) is 0 Å². The van der Waals surface area contributed by atoms with Gasteiger partial charge in [0.25, 0.3) is 0 Å². The third-order valence-electron chi connectivity index (χ3n) is 3.01. The third kappa shape index (κ3) is 3.61. The fraction of sp³-hybridized carbons (Fsp3) is 0.250. The van der Waals surface area contributed by atoms with Gasteiger partial charge in [0.1, 0.15) is 5.75 Å².